The third-order valence-corrected chi connectivity index (χ3v) is 8.23. The van der Waals surface area contributed by atoms with Gasteiger partial charge >= 0.3 is 0 Å². The van der Waals surface area contributed by atoms with Gasteiger partial charge in [0.25, 0.3) is 0 Å². The predicted molar refractivity (Wildman–Crippen MR) is 132 cm³/mol. The van der Waals surface area contributed by atoms with Crippen LogP contribution in [0.2, 0.25) is 5.02 Å². The Hall–Kier alpha value is -3.11. The lowest BCUT2D eigenvalue weighted by atomic mass is 9.82. The lowest BCUT2D eigenvalue weighted by Crippen LogP contribution is -2.37. The molecule has 0 aromatic heterocycles. The maximum atomic E-state index is 10.3. The molecule has 3 aliphatic heterocycles. The molecule has 0 radical (unpaired) electrons. The largest absolute Gasteiger partial charge is 0.349 e. The Balaban J connectivity index is 1.61. The molecule has 0 bridgehead atoms. The van der Waals surface area contributed by atoms with Gasteiger partial charge in [0, 0.05) is 20.4 Å². The summed E-state index contributed by atoms with van der Waals surface area (Å²) in [6, 6.07) is 26.2. The molecule has 0 aliphatic carbocycles. The first-order valence-corrected chi connectivity index (χ1v) is 12.0. The lowest BCUT2D eigenvalue weighted by molar-refractivity contribution is 0.940. The molecule has 0 saturated carbocycles. The number of nitrogens with one attached hydrogen (secondary N) is 2. The molecule has 0 spiro atoms. The lowest BCUT2D eigenvalue weighted by Gasteiger charge is -2.35. The number of nitrogens with zero attached hydrogens (tertiary/aromatic N) is 2. The van der Waals surface area contributed by atoms with Crippen LogP contribution in [0.1, 0.15) is 11.5 Å². The second-order valence-corrected chi connectivity index (χ2v) is 10.1. The summed E-state index contributed by atoms with van der Waals surface area (Å²) in [5.74, 6) is 0.0290. The first-order chi connectivity index (χ1) is 15.7. The van der Waals surface area contributed by atoms with Crippen molar-refractivity contribution in [2.75, 3.05) is 10.2 Å². The van der Waals surface area contributed by atoms with E-state index >= 15 is 0 Å². The van der Waals surface area contributed by atoms with Gasteiger partial charge in [0.15, 0.2) is 0 Å². The molecule has 1 atom stereocenters. The summed E-state index contributed by atoms with van der Waals surface area (Å²) < 4.78 is 0. The Morgan fingerprint density at radius 2 is 1.66 bits per heavy atom. The molecule has 3 aromatic carbocycles. The van der Waals surface area contributed by atoms with Crippen molar-refractivity contribution >= 4 is 52.3 Å². The Kier molecular flexibility index (Phi) is 4.58. The van der Waals surface area contributed by atoms with Gasteiger partial charge in [-0.3, -0.25) is 10.3 Å². The van der Waals surface area contributed by atoms with Crippen molar-refractivity contribution < 1.29 is 0 Å². The fourth-order valence-corrected chi connectivity index (χ4v) is 6.67. The van der Waals surface area contributed by atoms with Gasteiger partial charge in [-0.15, -0.1) is 0 Å². The van der Waals surface area contributed by atoms with Crippen molar-refractivity contribution in [1.82, 2.24) is 0 Å². The van der Waals surface area contributed by atoms with Crippen LogP contribution in [0, 0.1) is 16.7 Å². The van der Waals surface area contributed by atoms with Crippen molar-refractivity contribution in [3.05, 3.63) is 105 Å². The fourth-order valence-electron chi connectivity index (χ4n) is 4.29. The standard InChI is InChI=1S/C25H15ClN4S2/c26-15-11-9-14(10-12-15)21-16(13-27)25-30(18-6-2-4-8-20(18)32-25)23(28)22(21)24-29-17-5-1-3-7-19(17)31-24/h1-12,21,28-29H/b24-22-,28-23?. The van der Waals surface area contributed by atoms with Crippen molar-refractivity contribution in [2.45, 2.75) is 15.7 Å². The van der Waals surface area contributed by atoms with Crippen LogP contribution >= 0.6 is 35.1 Å². The van der Waals surface area contributed by atoms with Crippen LogP contribution in [-0.2, 0) is 0 Å². The maximum Gasteiger partial charge on any atom is 0.137 e. The molecule has 3 aliphatic rings. The second-order valence-electron chi connectivity index (χ2n) is 7.54. The van der Waals surface area contributed by atoms with E-state index in [4.69, 9.17) is 11.6 Å². The summed E-state index contributed by atoms with van der Waals surface area (Å²) in [6.07, 6.45) is 0. The average Bonchev–Trinajstić information content (AvgIpc) is 3.41. The van der Waals surface area contributed by atoms with Gasteiger partial charge in [0.1, 0.15) is 10.9 Å². The highest BCUT2D eigenvalue weighted by Gasteiger charge is 2.44. The summed E-state index contributed by atoms with van der Waals surface area (Å²) in [5, 5.41) is 25.5. The number of thioether (sulfide) groups is 2. The highest BCUT2D eigenvalue weighted by Crippen LogP contribution is 2.56. The third-order valence-electron chi connectivity index (χ3n) is 5.72. The first-order valence-electron chi connectivity index (χ1n) is 9.99. The molecule has 154 valence electrons. The van der Waals surface area contributed by atoms with Crippen LogP contribution in [0.25, 0.3) is 0 Å². The Labute approximate surface area is 199 Å². The number of fused-ring (bicyclic) bond motifs is 4. The second kappa shape index (κ2) is 7.49. The minimum atomic E-state index is -0.359. The quantitative estimate of drug-likeness (QED) is 0.394. The van der Waals surface area contributed by atoms with E-state index < -0.39 is 0 Å². The van der Waals surface area contributed by atoms with Crippen LogP contribution in [0.5, 0.6) is 0 Å². The highest BCUT2D eigenvalue weighted by molar-refractivity contribution is 8.04. The van der Waals surface area contributed by atoms with Gasteiger partial charge < -0.3 is 5.32 Å². The number of amidine groups is 1. The molecule has 32 heavy (non-hydrogen) atoms. The Morgan fingerprint density at radius 3 is 2.41 bits per heavy atom. The van der Waals surface area contributed by atoms with E-state index in [1.165, 1.54) is 0 Å². The van der Waals surface area contributed by atoms with Crippen LogP contribution in [-0.4, -0.2) is 5.84 Å². The molecular formula is C25H15ClN4S2. The number of halogens is 1. The van der Waals surface area contributed by atoms with Crippen molar-refractivity contribution in [3.63, 3.8) is 0 Å². The number of allylic oxidation sites excluding steroid dienone is 1. The fraction of sp³-hybridized carbons (Fsp3) is 0.0400. The van der Waals surface area contributed by atoms with Crippen molar-refractivity contribution in [2.24, 2.45) is 0 Å². The zero-order valence-electron chi connectivity index (χ0n) is 16.6. The summed E-state index contributed by atoms with van der Waals surface area (Å²) >= 11 is 9.33. The average molecular weight is 471 g/mol. The number of anilines is 2. The topological polar surface area (TPSA) is 62.9 Å². The SMILES string of the molecule is N#CC1=C2Sc3ccccc3N2C(=N)/C(=C2/Nc3ccccc3S2)C1c1ccc(Cl)cc1. The third kappa shape index (κ3) is 2.90. The van der Waals surface area contributed by atoms with Crippen molar-refractivity contribution in [3.8, 4) is 6.07 Å². The number of rotatable bonds is 1. The minimum Gasteiger partial charge on any atom is -0.349 e. The van der Waals surface area contributed by atoms with Gasteiger partial charge in [0.05, 0.1) is 34.0 Å². The van der Waals surface area contributed by atoms with Gasteiger partial charge in [0.2, 0.25) is 0 Å². The van der Waals surface area contributed by atoms with E-state index in [2.05, 4.69) is 17.5 Å². The van der Waals surface area contributed by atoms with Crippen LogP contribution in [0.4, 0.5) is 11.4 Å². The minimum absolute atomic E-state index is 0.359. The molecular weight excluding hydrogens is 456 g/mol. The van der Waals surface area contributed by atoms with E-state index in [0.717, 1.165) is 42.4 Å². The van der Waals surface area contributed by atoms with Crippen LogP contribution in [0.15, 0.2) is 104 Å². The first kappa shape index (κ1) is 19.6. The molecule has 6 rings (SSSR count). The van der Waals surface area contributed by atoms with E-state index in [1.54, 1.807) is 23.5 Å². The van der Waals surface area contributed by atoms with E-state index in [0.29, 0.717) is 16.4 Å². The number of hydrogen-bond acceptors (Lipinski definition) is 5. The van der Waals surface area contributed by atoms with E-state index in [-0.39, 0.29) is 5.92 Å². The number of nitriles is 1. The van der Waals surface area contributed by atoms with E-state index in [9.17, 15) is 10.7 Å². The molecule has 0 fully saturated rings. The van der Waals surface area contributed by atoms with E-state index in [1.807, 2.05) is 71.6 Å². The van der Waals surface area contributed by atoms with Crippen molar-refractivity contribution in [1.29, 1.82) is 10.7 Å². The summed E-state index contributed by atoms with van der Waals surface area (Å²) in [4.78, 5) is 4.08. The predicted octanol–water partition coefficient (Wildman–Crippen LogP) is 7.19. The number of para-hydroxylation sites is 2. The maximum absolute atomic E-state index is 10.3. The van der Waals surface area contributed by atoms with Gasteiger partial charge in [-0.2, -0.15) is 5.26 Å². The smallest absolute Gasteiger partial charge is 0.137 e. The molecule has 0 saturated heterocycles. The molecule has 7 heteroatoms. The zero-order valence-corrected chi connectivity index (χ0v) is 19.0. The van der Waals surface area contributed by atoms with Gasteiger partial charge in [-0.25, -0.2) is 0 Å². The normalized spacial score (nSPS) is 21.1. The molecule has 1 unspecified atom stereocenters. The molecule has 3 heterocycles. The van der Waals surface area contributed by atoms with Gasteiger partial charge in [-0.05, 0) is 42.0 Å². The van der Waals surface area contributed by atoms with Gasteiger partial charge in [-0.1, -0.05) is 71.5 Å². The molecule has 2 N–H and O–H groups in total. The molecule has 0 amide bonds. The Morgan fingerprint density at radius 1 is 0.938 bits per heavy atom. The number of benzene rings is 3. The zero-order chi connectivity index (χ0) is 21.8. The summed E-state index contributed by atoms with van der Waals surface area (Å²) in [5.41, 5.74) is 4.35. The Bertz CT molecular complexity index is 1370. The number of hydrogen-bond donors (Lipinski definition) is 2. The monoisotopic (exact) mass is 470 g/mol. The highest BCUT2D eigenvalue weighted by atomic mass is 35.5. The summed E-state index contributed by atoms with van der Waals surface area (Å²) in [6.45, 7) is 0. The summed E-state index contributed by atoms with van der Waals surface area (Å²) in [7, 11) is 0. The molecule has 4 nitrogen and oxygen atoms in total. The van der Waals surface area contributed by atoms with Crippen LogP contribution < -0.4 is 10.2 Å². The molecule has 3 aromatic rings. The van der Waals surface area contributed by atoms with Crippen LogP contribution in [0.3, 0.4) is 0 Å².